The molecule has 0 radical (unpaired) electrons. The number of nitriles is 1. The summed E-state index contributed by atoms with van der Waals surface area (Å²) in [6.07, 6.45) is 5.41. The number of nitrogens with zero attached hydrogens (tertiary/aromatic N) is 5. The normalized spacial score (nSPS) is 15.9. The first-order valence-electron chi connectivity index (χ1n) is 10.5. The van der Waals surface area contributed by atoms with Crippen molar-refractivity contribution < 1.29 is 4.79 Å². The first-order chi connectivity index (χ1) is 15.0. The monoisotopic (exact) mass is 414 g/mol. The molecule has 0 bridgehead atoms. The molecule has 1 fully saturated rings. The summed E-state index contributed by atoms with van der Waals surface area (Å²) < 4.78 is 1.72. The molecule has 2 aromatic heterocycles. The van der Waals surface area contributed by atoms with Crippen LogP contribution in [-0.4, -0.2) is 44.7 Å². The first-order valence-corrected chi connectivity index (χ1v) is 10.5. The van der Waals surface area contributed by atoms with Gasteiger partial charge in [0, 0.05) is 44.3 Å². The summed E-state index contributed by atoms with van der Waals surface area (Å²) in [5.74, 6) is -0.113. The van der Waals surface area contributed by atoms with Crippen LogP contribution in [0.4, 0.5) is 0 Å². The fourth-order valence-electron chi connectivity index (χ4n) is 4.12. The molecule has 1 N–H and O–H groups in total. The quantitative estimate of drug-likeness (QED) is 0.694. The summed E-state index contributed by atoms with van der Waals surface area (Å²) in [4.78, 5) is 19.3. The number of nitrogens with one attached hydrogen (secondary N) is 1. The third kappa shape index (κ3) is 4.65. The van der Waals surface area contributed by atoms with E-state index < -0.39 is 0 Å². The van der Waals surface area contributed by atoms with Crippen LogP contribution in [-0.2, 0) is 7.05 Å². The fourth-order valence-corrected chi connectivity index (χ4v) is 4.12. The zero-order valence-corrected chi connectivity index (χ0v) is 17.8. The van der Waals surface area contributed by atoms with E-state index in [4.69, 9.17) is 5.26 Å². The van der Waals surface area contributed by atoms with Gasteiger partial charge in [-0.3, -0.25) is 19.4 Å². The van der Waals surface area contributed by atoms with Gasteiger partial charge in [0.05, 0.1) is 17.7 Å². The molecule has 1 saturated heterocycles. The summed E-state index contributed by atoms with van der Waals surface area (Å²) in [5, 5.41) is 16.5. The molecule has 3 aromatic rings. The Morgan fingerprint density at radius 2 is 1.94 bits per heavy atom. The van der Waals surface area contributed by atoms with E-state index >= 15 is 0 Å². The first kappa shape index (κ1) is 20.8. The highest BCUT2D eigenvalue weighted by molar-refractivity contribution is 5.92. The van der Waals surface area contributed by atoms with E-state index in [0.29, 0.717) is 11.3 Å². The van der Waals surface area contributed by atoms with E-state index in [1.807, 2.05) is 56.6 Å². The maximum atomic E-state index is 12.6. The Morgan fingerprint density at radius 3 is 2.52 bits per heavy atom. The van der Waals surface area contributed by atoms with Crippen molar-refractivity contribution in [3.8, 4) is 6.07 Å². The average Bonchev–Trinajstić information content (AvgIpc) is 3.15. The number of aromatic nitrogens is 3. The van der Waals surface area contributed by atoms with E-state index in [9.17, 15) is 4.79 Å². The van der Waals surface area contributed by atoms with Gasteiger partial charge in [-0.15, -0.1) is 0 Å². The maximum Gasteiger partial charge on any atom is 0.272 e. The molecule has 1 aliphatic heterocycles. The number of amides is 1. The van der Waals surface area contributed by atoms with Crippen LogP contribution >= 0.6 is 0 Å². The third-order valence-electron chi connectivity index (χ3n) is 5.93. The van der Waals surface area contributed by atoms with Crippen molar-refractivity contribution in [2.75, 3.05) is 13.1 Å². The Kier molecular flexibility index (Phi) is 6.10. The van der Waals surface area contributed by atoms with Crippen molar-refractivity contribution in [2.45, 2.75) is 31.8 Å². The second-order valence-corrected chi connectivity index (χ2v) is 8.00. The molecule has 1 unspecified atom stereocenters. The molecule has 7 heteroatoms. The van der Waals surface area contributed by atoms with Gasteiger partial charge >= 0.3 is 0 Å². The van der Waals surface area contributed by atoms with Gasteiger partial charge in [0.15, 0.2) is 0 Å². The number of benzene rings is 1. The molecule has 0 spiro atoms. The standard InChI is InChI=1S/C24H26N6O/c1-17-14-22(28-29(17)2)24(31)27-21-9-12-30(13-10-21)23(20-4-3-11-26-16-20)19-7-5-18(15-25)6-8-19/h3-8,11,14,16,21,23H,9-10,12-13H2,1-2H3,(H,27,31). The lowest BCUT2D eigenvalue weighted by molar-refractivity contribution is 0.0894. The molecular weight excluding hydrogens is 388 g/mol. The van der Waals surface area contributed by atoms with Crippen LogP contribution in [0.5, 0.6) is 0 Å². The van der Waals surface area contributed by atoms with Crippen molar-refractivity contribution in [2.24, 2.45) is 7.05 Å². The van der Waals surface area contributed by atoms with Crippen LogP contribution in [0.1, 0.15) is 51.8 Å². The lowest BCUT2D eigenvalue weighted by Gasteiger charge is -2.38. The summed E-state index contributed by atoms with van der Waals surface area (Å²) >= 11 is 0. The zero-order chi connectivity index (χ0) is 21.8. The molecule has 1 aliphatic rings. The lowest BCUT2D eigenvalue weighted by atomic mass is 9.94. The number of pyridine rings is 1. The van der Waals surface area contributed by atoms with Gasteiger partial charge in [-0.05, 0) is 55.2 Å². The van der Waals surface area contributed by atoms with Crippen molar-refractivity contribution in [1.82, 2.24) is 25.0 Å². The van der Waals surface area contributed by atoms with Crippen molar-refractivity contribution in [3.05, 3.63) is 82.9 Å². The van der Waals surface area contributed by atoms with Crippen LogP contribution in [0.2, 0.25) is 0 Å². The average molecular weight is 415 g/mol. The molecule has 1 aromatic carbocycles. The molecule has 0 saturated carbocycles. The zero-order valence-electron chi connectivity index (χ0n) is 17.8. The molecule has 31 heavy (non-hydrogen) atoms. The number of hydrogen-bond donors (Lipinski definition) is 1. The molecule has 3 heterocycles. The Morgan fingerprint density at radius 1 is 1.19 bits per heavy atom. The molecule has 158 valence electrons. The van der Waals surface area contributed by atoms with E-state index in [0.717, 1.165) is 42.8 Å². The highest BCUT2D eigenvalue weighted by atomic mass is 16.2. The fraction of sp³-hybridized carbons (Fsp3) is 0.333. The Bertz CT molecular complexity index is 1060. The third-order valence-corrected chi connectivity index (χ3v) is 5.93. The molecule has 1 atom stereocenters. The number of carbonyl (C=O) groups is 1. The van der Waals surface area contributed by atoms with Gasteiger partial charge in [-0.2, -0.15) is 10.4 Å². The number of piperidine rings is 1. The Labute approximate surface area is 182 Å². The van der Waals surface area contributed by atoms with E-state index in [1.165, 1.54) is 0 Å². The van der Waals surface area contributed by atoms with E-state index in [2.05, 4.69) is 32.4 Å². The van der Waals surface area contributed by atoms with E-state index in [-0.39, 0.29) is 18.0 Å². The Balaban J connectivity index is 1.46. The van der Waals surface area contributed by atoms with E-state index in [1.54, 1.807) is 10.9 Å². The largest absolute Gasteiger partial charge is 0.348 e. The number of likely N-dealkylation sites (tertiary alicyclic amines) is 1. The molecule has 7 nitrogen and oxygen atoms in total. The van der Waals surface area contributed by atoms with Gasteiger partial charge in [0.25, 0.3) is 5.91 Å². The molecular formula is C24H26N6O. The smallest absolute Gasteiger partial charge is 0.272 e. The molecule has 4 rings (SSSR count). The Hall–Kier alpha value is -3.50. The molecule has 1 amide bonds. The highest BCUT2D eigenvalue weighted by Gasteiger charge is 2.28. The summed E-state index contributed by atoms with van der Waals surface area (Å²) in [6.45, 7) is 3.64. The number of carbonyl (C=O) groups excluding carboxylic acids is 1. The van der Waals surface area contributed by atoms with Crippen molar-refractivity contribution in [1.29, 1.82) is 5.26 Å². The van der Waals surface area contributed by atoms with Crippen LogP contribution in [0, 0.1) is 18.3 Å². The van der Waals surface area contributed by atoms with Gasteiger partial charge in [0.2, 0.25) is 0 Å². The van der Waals surface area contributed by atoms with Gasteiger partial charge in [0.1, 0.15) is 5.69 Å². The highest BCUT2D eigenvalue weighted by Crippen LogP contribution is 2.31. The minimum Gasteiger partial charge on any atom is -0.348 e. The summed E-state index contributed by atoms with van der Waals surface area (Å²) in [5.41, 5.74) is 4.34. The topological polar surface area (TPSA) is 86.8 Å². The minimum absolute atomic E-state index is 0.0662. The summed E-state index contributed by atoms with van der Waals surface area (Å²) in [7, 11) is 1.84. The summed E-state index contributed by atoms with van der Waals surface area (Å²) in [6, 6.07) is 16.0. The van der Waals surface area contributed by atoms with Gasteiger partial charge < -0.3 is 5.32 Å². The van der Waals surface area contributed by atoms with Gasteiger partial charge in [-0.1, -0.05) is 18.2 Å². The number of hydrogen-bond acceptors (Lipinski definition) is 5. The van der Waals surface area contributed by atoms with Crippen LogP contribution in [0.15, 0.2) is 54.9 Å². The SMILES string of the molecule is Cc1cc(C(=O)NC2CCN(C(c3ccc(C#N)cc3)c3cccnc3)CC2)nn1C. The van der Waals surface area contributed by atoms with Crippen LogP contribution < -0.4 is 5.32 Å². The van der Waals surface area contributed by atoms with Crippen LogP contribution in [0.25, 0.3) is 0 Å². The van der Waals surface area contributed by atoms with Gasteiger partial charge in [-0.25, -0.2) is 0 Å². The second kappa shape index (κ2) is 9.11. The second-order valence-electron chi connectivity index (χ2n) is 8.00. The molecule has 0 aliphatic carbocycles. The van der Waals surface area contributed by atoms with Crippen molar-refractivity contribution in [3.63, 3.8) is 0 Å². The number of rotatable bonds is 5. The minimum atomic E-state index is -0.113. The van der Waals surface area contributed by atoms with Crippen LogP contribution in [0.3, 0.4) is 0 Å². The lowest BCUT2D eigenvalue weighted by Crippen LogP contribution is -2.46. The number of aryl methyl sites for hydroxylation is 2. The maximum absolute atomic E-state index is 12.6. The predicted octanol–water partition coefficient (Wildman–Crippen LogP) is 2.98. The predicted molar refractivity (Wildman–Crippen MR) is 117 cm³/mol. The van der Waals surface area contributed by atoms with Crippen molar-refractivity contribution >= 4 is 5.91 Å².